The minimum atomic E-state index is -1.13. The third kappa shape index (κ3) is 5.24. The summed E-state index contributed by atoms with van der Waals surface area (Å²) in [5, 5.41) is 9.31. The Balaban J connectivity index is 1.64. The van der Waals surface area contributed by atoms with Gasteiger partial charge in [-0.05, 0) is 50.2 Å². The summed E-state index contributed by atoms with van der Waals surface area (Å²) >= 11 is 7.27. The van der Waals surface area contributed by atoms with Gasteiger partial charge in [0.1, 0.15) is 29.1 Å². The van der Waals surface area contributed by atoms with Gasteiger partial charge >= 0.3 is 11.9 Å². The molecule has 0 radical (unpaired) electrons. The molecule has 2 aromatic carbocycles. The number of hydrogen-bond donors (Lipinski definition) is 1. The quantitative estimate of drug-likeness (QED) is 0.291. The van der Waals surface area contributed by atoms with Crippen molar-refractivity contribution in [2.24, 2.45) is 4.99 Å². The highest BCUT2D eigenvalue weighted by Gasteiger charge is 2.35. The highest BCUT2D eigenvalue weighted by Crippen LogP contribution is 2.37. The van der Waals surface area contributed by atoms with E-state index in [0.717, 1.165) is 11.3 Å². The zero-order valence-electron chi connectivity index (χ0n) is 23.0. The number of furan rings is 1. The van der Waals surface area contributed by atoms with Gasteiger partial charge in [-0.15, -0.1) is 0 Å². The lowest BCUT2D eigenvalue weighted by Crippen LogP contribution is -2.40. The molecule has 12 heteroatoms. The van der Waals surface area contributed by atoms with Crippen LogP contribution in [0.3, 0.4) is 0 Å². The van der Waals surface area contributed by atoms with Crippen molar-refractivity contribution in [2.45, 2.75) is 19.9 Å². The number of carboxylic acid groups (broad SMARTS) is 1. The maximum Gasteiger partial charge on any atom is 0.338 e. The first-order valence-electron chi connectivity index (χ1n) is 12.7. The van der Waals surface area contributed by atoms with Gasteiger partial charge in [0, 0.05) is 23.3 Å². The third-order valence-electron chi connectivity index (χ3n) is 6.64. The summed E-state index contributed by atoms with van der Waals surface area (Å²) in [4.78, 5) is 43.3. The van der Waals surface area contributed by atoms with E-state index in [9.17, 15) is 19.5 Å². The molecule has 2 aromatic heterocycles. The number of carbonyl (C=O) groups is 2. The predicted octanol–water partition coefficient (Wildman–Crippen LogP) is 4.43. The second-order valence-corrected chi connectivity index (χ2v) is 10.5. The maximum atomic E-state index is 13.9. The van der Waals surface area contributed by atoms with Gasteiger partial charge in [-0.2, -0.15) is 0 Å². The summed E-state index contributed by atoms with van der Waals surface area (Å²) < 4.78 is 24.0. The number of thiazole rings is 1. The van der Waals surface area contributed by atoms with Gasteiger partial charge in [0.15, 0.2) is 4.80 Å². The van der Waals surface area contributed by atoms with Crippen LogP contribution in [-0.2, 0) is 9.53 Å². The lowest BCUT2D eigenvalue weighted by atomic mass is 9.95. The summed E-state index contributed by atoms with van der Waals surface area (Å²) in [5.41, 5.74) is 1.38. The number of ether oxygens (including phenoxy) is 3. The molecule has 0 amide bonds. The fourth-order valence-corrected chi connectivity index (χ4v) is 5.97. The molecule has 0 bridgehead atoms. The van der Waals surface area contributed by atoms with E-state index < -0.39 is 18.0 Å². The van der Waals surface area contributed by atoms with Gasteiger partial charge in [-0.1, -0.05) is 29.0 Å². The molecule has 1 aliphatic rings. The Morgan fingerprint density at radius 1 is 1.14 bits per heavy atom. The number of aromatic nitrogens is 1. The average molecular weight is 609 g/mol. The van der Waals surface area contributed by atoms with Gasteiger partial charge in [-0.3, -0.25) is 9.36 Å². The molecule has 1 aliphatic heterocycles. The van der Waals surface area contributed by atoms with Crippen molar-refractivity contribution in [3.8, 4) is 22.8 Å². The van der Waals surface area contributed by atoms with Gasteiger partial charge in [0.05, 0.1) is 47.2 Å². The zero-order valence-corrected chi connectivity index (χ0v) is 24.5. The second-order valence-electron chi connectivity index (χ2n) is 9.11. The van der Waals surface area contributed by atoms with Crippen LogP contribution >= 0.6 is 22.9 Å². The van der Waals surface area contributed by atoms with Crippen LogP contribution in [0.2, 0.25) is 5.02 Å². The standard InChI is InChI=1S/C30H25ClN2O8S/c1-5-40-29(37)25-15(2)32-30-33(26(25)20-10-7-17(38-3)13-23(20)39-4)27(34)24(42-30)14-18-8-11-22(41-18)16-6-9-19(28(35)36)21(31)12-16/h6-14,26H,5H2,1-4H3,(H,35,36)/b24-14-/t26-/m1/s1. The Bertz CT molecular complexity index is 1930. The molecule has 0 saturated heterocycles. The molecule has 0 aliphatic carbocycles. The van der Waals surface area contributed by atoms with E-state index in [1.807, 2.05) is 0 Å². The normalized spacial score (nSPS) is 14.8. The van der Waals surface area contributed by atoms with Crippen LogP contribution in [0.15, 0.2) is 74.0 Å². The Morgan fingerprint density at radius 2 is 1.93 bits per heavy atom. The number of carboxylic acids is 1. The maximum absolute atomic E-state index is 13.9. The van der Waals surface area contributed by atoms with Crippen LogP contribution in [-0.4, -0.2) is 42.4 Å². The molecule has 42 heavy (non-hydrogen) atoms. The van der Waals surface area contributed by atoms with Gasteiger partial charge in [0.2, 0.25) is 0 Å². The van der Waals surface area contributed by atoms with E-state index in [0.29, 0.717) is 49.2 Å². The molecule has 216 valence electrons. The Labute approximate surface area is 248 Å². The molecule has 0 spiro atoms. The van der Waals surface area contributed by atoms with Crippen LogP contribution in [0.1, 0.15) is 41.6 Å². The molecular weight excluding hydrogens is 584 g/mol. The molecule has 0 unspecified atom stereocenters. The van der Waals surface area contributed by atoms with E-state index in [2.05, 4.69) is 4.99 Å². The number of carbonyl (C=O) groups excluding carboxylic acids is 1. The molecule has 10 nitrogen and oxygen atoms in total. The topological polar surface area (TPSA) is 130 Å². The number of fused-ring (bicyclic) bond motifs is 1. The van der Waals surface area contributed by atoms with Crippen molar-refractivity contribution in [3.63, 3.8) is 0 Å². The van der Waals surface area contributed by atoms with E-state index in [-0.39, 0.29) is 28.3 Å². The lowest BCUT2D eigenvalue weighted by molar-refractivity contribution is -0.139. The van der Waals surface area contributed by atoms with Crippen molar-refractivity contribution in [1.82, 2.24) is 4.57 Å². The number of nitrogens with zero attached hydrogens (tertiary/aromatic N) is 2. The fourth-order valence-electron chi connectivity index (χ4n) is 4.69. The fraction of sp³-hybridized carbons (Fsp3) is 0.200. The van der Waals surface area contributed by atoms with Crippen molar-refractivity contribution in [2.75, 3.05) is 20.8 Å². The number of halogens is 1. The van der Waals surface area contributed by atoms with Gasteiger partial charge < -0.3 is 23.7 Å². The van der Waals surface area contributed by atoms with E-state index in [4.69, 9.17) is 30.2 Å². The number of rotatable bonds is 8. The molecule has 0 saturated carbocycles. The number of allylic oxidation sites excluding steroid dienone is 1. The lowest BCUT2D eigenvalue weighted by Gasteiger charge is -2.26. The zero-order chi connectivity index (χ0) is 30.1. The van der Waals surface area contributed by atoms with Gasteiger partial charge in [-0.25, -0.2) is 14.6 Å². The summed E-state index contributed by atoms with van der Waals surface area (Å²) in [6, 6.07) is 12.2. The molecule has 1 atom stereocenters. The van der Waals surface area contributed by atoms with Crippen molar-refractivity contribution < 1.29 is 33.3 Å². The molecule has 0 fully saturated rings. The van der Waals surface area contributed by atoms with Gasteiger partial charge in [0.25, 0.3) is 5.56 Å². The number of methoxy groups -OCH3 is 2. The van der Waals surface area contributed by atoms with Crippen LogP contribution in [0.4, 0.5) is 0 Å². The van der Waals surface area contributed by atoms with Crippen LogP contribution < -0.4 is 24.4 Å². The van der Waals surface area contributed by atoms with Crippen molar-refractivity contribution in [1.29, 1.82) is 0 Å². The minimum absolute atomic E-state index is 0.0196. The summed E-state index contributed by atoms with van der Waals surface area (Å²) in [6.07, 6.45) is 1.59. The highest BCUT2D eigenvalue weighted by atomic mass is 35.5. The first-order valence-corrected chi connectivity index (χ1v) is 13.9. The number of hydrogen-bond acceptors (Lipinski definition) is 9. The van der Waals surface area contributed by atoms with E-state index in [1.165, 1.54) is 30.9 Å². The molecule has 1 N–H and O–H groups in total. The summed E-state index contributed by atoms with van der Waals surface area (Å²) in [5.74, 6) is 0.0819. The SMILES string of the molecule is CCOC(=O)C1=C(C)N=c2s/c(=C\c3ccc(-c4ccc(C(=O)O)c(Cl)c4)o3)c(=O)n2[C@@H]1c1ccc(OC)cc1OC. The van der Waals surface area contributed by atoms with Crippen molar-refractivity contribution in [3.05, 3.63) is 101 Å². The van der Waals surface area contributed by atoms with Crippen molar-refractivity contribution >= 4 is 41.0 Å². The van der Waals surface area contributed by atoms with Crippen LogP contribution in [0.25, 0.3) is 17.4 Å². The first-order chi connectivity index (χ1) is 20.2. The first kappa shape index (κ1) is 28.9. The monoisotopic (exact) mass is 608 g/mol. The van der Waals surface area contributed by atoms with Crippen LogP contribution in [0, 0.1) is 0 Å². The Morgan fingerprint density at radius 3 is 2.60 bits per heavy atom. The minimum Gasteiger partial charge on any atom is -0.497 e. The average Bonchev–Trinajstić information content (AvgIpc) is 3.56. The number of aromatic carboxylic acids is 1. The number of esters is 1. The third-order valence-corrected chi connectivity index (χ3v) is 7.93. The van der Waals surface area contributed by atoms with Crippen LogP contribution in [0.5, 0.6) is 11.5 Å². The smallest absolute Gasteiger partial charge is 0.338 e. The molecular formula is C30H25ClN2O8S. The molecule has 3 heterocycles. The second kappa shape index (κ2) is 11.7. The summed E-state index contributed by atoms with van der Waals surface area (Å²) in [7, 11) is 3.03. The Hall–Kier alpha value is -4.61. The number of benzene rings is 2. The predicted molar refractivity (Wildman–Crippen MR) is 156 cm³/mol. The molecule has 5 rings (SSSR count). The Kier molecular flexibility index (Phi) is 8.06. The van der Waals surface area contributed by atoms with E-state index in [1.54, 1.807) is 56.3 Å². The largest absolute Gasteiger partial charge is 0.497 e. The molecule has 4 aromatic rings. The van der Waals surface area contributed by atoms with E-state index >= 15 is 0 Å². The summed E-state index contributed by atoms with van der Waals surface area (Å²) in [6.45, 7) is 3.56. The highest BCUT2D eigenvalue weighted by molar-refractivity contribution is 7.07.